The van der Waals surface area contributed by atoms with Crippen LogP contribution in [-0.4, -0.2) is 23.1 Å². The van der Waals surface area contributed by atoms with E-state index in [4.69, 9.17) is 4.74 Å². The van der Waals surface area contributed by atoms with Crippen LogP contribution in [0.4, 0.5) is 0 Å². The monoisotopic (exact) mass is 236 g/mol. The summed E-state index contributed by atoms with van der Waals surface area (Å²) < 4.78 is 5.32. The molecule has 0 saturated heterocycles. The first-order valence-corrected chi connectivity index (χ1v) is 5.93. The molecule has 0 aliphatic heterocycles. The van der Waals surface area contributed by atoms with Crippen LogP contribution in [0, 0.1) is 0 Å². The fourth-order valence-electron chi connectivity index (χ4n) is 2.84. The number of Topliss-reactive ketones (excluding diaryl/α,β-unsaturated/α-hetero) is 2. The zero-order chi connectivity index (χ0) is 12.6. The van der Waals surface area contributed by atoms with Crippen molar-refractivity contribution in [2.45, 2.75) is 51.6 Å². The number of rotatable bonds is 1. The largest absolute Gasteiger partial charge is 0.447 e. The third-order valence-electron chi connectivity index (χ3n) is 3.66. The van der Waals surface area contributed by atoms with Crippen molar-refractivity contribution in [3.8, 4) is 0 Å². The lowest BCUT2D eigenvalue weighted by Gasteiger charge is -2.40. The first-order valence-electron chi connectivity index (χ1n) is 5.93. The molecule has 17 heavy (non-hydrogen) atoms. The Bertz CT molecular complexity index is 433. The number of hydrogen-bond donors (Lipinski definition) is 0. The first kappa shape index (κ1) is 12.0. The number of hydrogen-bond acceptors (Lipinski definition) is 4. The zero-order valence-corrected chi connectivity index (χ0v) is 10.2. The number of fused-ring (bicyclic) bond motifs is 1. The summed E-state index contributed by atoms with van der Waals surface area (Å²) in [6.07, 6.45) is 2.45. The quantitative estimate of drug-likeness (QED) is 0.650. The molecule has 92 valence electrons. The van der Waals surface area contributed by atoms with Crippen LogP contribution in [0.2, 0.25) is 0 Å². The summed E-state index contributed by atoms with van der Waals surface area (Å²) in [6, 6.07) is 0. The van der Waals surface area contributed by atoms with Gasteiger partial charge in [-0.05, 0) is 30.9 Å². The fraction of sp³-hybridized carbons (Fsp3) is 0.615. The van der Waals surface area contributed by atoms with E-state index in [2.05, 4.69) is 0 Å². The van der Waals surface area contributed by atoms with Gasteiger partial charge < -0.3 is 4.74 Å². The number of carbonyl (C=O) groups is 3. The smallest absolute Gasteiger partial charge is 0.303 e. The summed E-state index contributed by atoms with van der Waals surface area (Å²) in [6.45, 7) is 3.04. The Labute approximate surface area is 100 Å². The van der Waals surface area contributed by atoms with E-state index >= 15 is 0 Å². The third-order valence-corrected chi connectivity index (χ3v) is 3.66. The Morgan fingerprint density at radius 2 is 1.94 bits per heavy atom. The van der Waals surface area contributed by atoms with Crippen LogP contribution in [0.1, 0.15) is 46.0 Å². The van der Waals surface area contributed by atoms with Crippen molar-refractivity contribution in [1.29, 1.82) is 0 Å². The summed E-state index contributed by atoms with van der Waals surface area (Å²) in [5, 5.41) is 0. The summed E-state index contributed by atoms with van der Waals surface area (Å²) in [5.41, 5.74) is 0.230. The molecule has 4 heteroatoms. The van der Waals surface area contributed by atoms with Gasteiger partial charge in [-0.2, -0.15) is 0 Å². The van der Waals surface area contributed by atoms with Crippen LogP contribution in [0.3, 0.4) is 0 Å². The van der Waals surface area contributed by atoms with Crippen molar-refractivity contribution in [2.75, 3.05) is 0 Å². The first-order chi connectivity index (χ1) is 7.97. The predicted octanol–water partition coefficient (Wildman–Crippen LogP) is 1.72. The topological polar surface area (TPSA) is 60.4 Å². The van der Waals surface area contributed by atoms with Crippen LogP contribution >= 0.6 is 0 Å². The van der Waals surface area contributed by atoms with E-state index in [1.165, 1.54) is 6.92 Å². The zero-order valence-electron chi connectivity index (χ0n) is 10.2. The van der Waals surface area contributed by atoms with Gasteiger partial charge in [0.15, 0.2) is 17.2 Å². The molecule has 0 heterocycles. The molecule has 1 fully saturated rings. The van der Waals surface area contributed by atoms with E-state index < -0.39 is 11.6 Å². The summed E-state index contributed by atoms with van der Waals surface area (Å²) in [7, 11) is 0. The van der Waals surface area contributed by atoms with E-state index in [0.717, 1.165) is 12.0 Å². The van der Waals surface area contributed by atoms with Gasteiger partial charge in [-0.1, -0.05) is 0 Å². The van der Waals surface area contributed by atoms with Gasteiger partial charge in [0.05, 0.1) is 0 Å². The molecule has 4 nitrogen and oxygen atoms in total. The van der Waals surface area contributed by atoms with E-state index in [0.29, 0.717) is 24.8 Å². The predicted molar refractivity (Wildman–Crippen MR) is 60.3 cm³/mol. The Kier molecular flexibility index (Phi) is 2.89. The molecule has 2 aliphatic carbocycles. The molecule has 0 bridgehead atoms. The lowest BCUT2D eigenvalue weighted by Crippen LogP contribution is -2.50. The molecule has 0 spiro atoms. The van der Waals surface area contributed by atoms with Gasteiger partial charge in [0.25, 0.3) is 0 Å². The highest BCUT2D eigenvalue weighted by Gasteiger charge is 2.50. The lowest BCUT2D eigenvalue weighted by molar-refractivity contribution is -0.165. The van der Waals surface area contributed by atoms with Crippen molar-refractivity contribution in [1.82, 2.24) is 0 Å². The number of ether oxygens (including phenoxy) is 1. The van der Waals surface area contributed by atoms with E-state index in [1.807, 2.05) is 0 Å². The Morgan fingerprint density at radius 1 is 1.24 bits per heavy atom. The minimum Gasteiger partial charge on any atom is -0.447 e. The van der Waals surface area contributed by atoms with Gasteiger partial charge in [-0.25, -0.2) is 0 Å². The minimum absolute atomic E-state index is 0.0548. The molecular weight excluding hydrogens is 220 g/mol. The number of carbonyl (C=O) groups excluding carboxylic acids is 3. The highest BCUT2D eigenvalue weighted by atomic mass is 16.6. The van der Waals surface area contributed by atoms with Crippen molar-refractivity contribution in [2.24, 2.45) is 0 Å². The van der Waals surface area contributed by atoms with Gasteiger partial charge >= 0.3 is 5.97 Å². The number of allylic oxidation sites excluding steroid dienone is 1. The van der Waals surface area contributed by atoms with Crippen molar-refractivity contribution < 1.29 is 19.1 Å². The molecule has 1 unspecified atom stereocenters. The van der Waals surface area contributed by atoms with Gasteiger partial charge in [-0.3, -0.25) is 14.4 Å². The Balaban J connectivity index is 2.51. The molecule has 0 aromatic rings. The maximum absolute atomic E-state index is 12.1. The molecule has 0 N–H and O–H groups in total. The highest BCUT2D eigenvalue weighted by Crippen LogP contribution is 2.42. The molecule has 1 saturated carbocycles. The maximum Gasteiger partial charge on any atom is 0.303 e. The van der Waals surface area contributed by atoms with Crippen LogP contribution < -0.4 is 0 Å². The third kappa shape index (κ3) is 1.81. The summed E-state index contributed by atoms with van der Waals surface area (Å²) in [4.78, 5) is 35.0. The standard InChI is InChI=1S/C13H16O4/c1-8-10-4-3-5-12(16)13(10,17-9(2)14)7-6-11(8)15/h3-7H2,1-2H3. The molecule has 1 atom stereocenters. The molecule has 2 rings (SSSR count). The second-order valence-electron chi connectivity index (χ2n) is 4.72. The van der Waals surface area contributed by atoms with Gasteiger partial charge in [0.2, 0.25) is 0 Å². The van der Waals surface area contributed by atoms with Crippen LogP contribution in [0.25, 0.3) is 0 Å². The van der Waals surface area contributed by atoms with Gasteiger partial charge in [0.1, 0.15) is 0 Å². The van der Waals surface area contributed by atoms with Crippen molar-refractivity contribution in [3.63, 3.8) is 0 Å². The maximum atomic E-state index is 12.1. The molecular formula is C13H16O4. The number of esters is 1. The number of ketones is 2. The molecule has 0 aromatic heterocycles. The van der Waals surface area contributed by atoms with E-state index in [9.17, 15) is 14.4 Å². The molecule has 2 aliphatic rings. The molecule has 0 radical (unpaired) electrons. The van der Waals surface area contributed by atoms with E-state index in [1.54, 1.807) is 6.92 Å². The van der Waals surface area contributed by atoms with Crippen LogP contribution in [0.5, 0.6) is 0 Å². The molecule has 0 aromatic carbocycles. The minimum atomic E-state index is -1.12. The summed E-state index contributed by atoms with van der Waals surface area (Å²) >= 11 is 0. The van der Waals surface area contributed by atoms with Gasteiger partial charge in [0, 0.05) is 26.2 Å². The lowest BCUT2D eigenvalue weighted by atomic mass is 9.70. The Morgan fingerprint density at radius 3 is 2.59 bits per heavy atom. The normalized spacial score (nSPS) is 29.1. The Hall–Kier alpha value is -1.45. The second-order valence-corrected chi connectivity index (χ2v) is 4.72. The van der Waals surface area contributed by atoms with E-state index in [-0.39, 0.29) is 18.0 Å². The van der Waals surface area contributed by atoms with Crippen molar-refractivity contribution in [3.05, 3.63) is 11.1 Å². The average Bonchev–Trinajstić information content (AvgIpc) is 2.26. The summed E-state index contributed by atoms with van der Waals surface area (Å²) in [5.74, 6) is -0.446. The fourth-order valence-corrected chi connectivity index (χ4v) is 2.84. The van der Waals surface area contributed by atoms with Crippen molar-refractivity contribution >= 4 is 17.5 Å². The van der Waals surface area contributed by atoms with Gasteiger partial charge in [-0.15, -0.1) is 0 Å². The highest BCUT2D eigenvalue weighted by molar-refractivity contribution is 6.03. The average molecular weight is 236 g/mol. The molecule has 0 amide bonds. The van der Waals surface area contributed by atoms with Crippen LogP contribution in [-0.2, 0) is 19.1 Å². The SMILES string of the molecule is CC(=O)OC12CCC(=O)C(C)=C1CCCC2=O. The second kappa shape index (κ2) is 4.09. The van der Waals surface area contributed by atoms with Crippen LogP contribution in [0.15, 0.2) is 11.1 Å².